The molecule has 0 fully saturated rings. The Labute approximate surface area is 119 Å². The van der Waals surface area contributed by atoms with Crippen LogP contribution < -0.4 is 4.74 Å². The van der Waals surface area contributed by atoms with Gasteiger partial charge in [0.05, 0.1) is 12.0 Å². The summed E-state index contributed by atoms with van der Waals surface area (Å²) in [7, 11) is 0. The molecule has 0 saturated heterocycles. The maximum Gasteiger partial charge on any atom is 0.263 e. The Hall–Kier alpha value is -2.30. The maximum atomic E-state index is 13.2. The first-order valence-corrected chi connectivity index (χ1v) is 6.42. The Morgan fingerprint density at radius 1 is 1.10 bits per heavy atom. The molecule has 2 aromatic carbocycles. The average Bonchev–Trinajstić information content (AvgIpc) is 2.46. The van der Waals surface area contributed by atoms with Gasteiger partial charge in [-0.3, -0.25) is 4.79 Å². The predicted molar refractivity (Wildman–Crippen MR) is 70.1 cm³/mol. The molecule has 1 unspecified atom stereocenters. The van der Waals surface area contributed by atoms with E-state index in [9.17, 15) is 18.0 Å². The average molecular weight is 292 g/mol. The van der Waals surface area contributed by atoms with Crippen LogP contribution >= 0.6 is 0 Å². The van der Waals surface area contributed by atoms with Gasteiger partial charge in [0.15, 0.2) is 5.78 Å². The molecule has 0 spiro atoms. The van der Waals surface area contributed by atoms with Crippen LogP contribution in [-0.2, 0) is 0 Å². The fourth-order valence-corrected chi connectivity index (χ4v) is 2.34. The highest BCUT2D eigenvalue weighted by Crippen LogP contribution is 2.35. The Bertz CT molecular complexity index is 680. The van der Waals surface area contributed by atoms with Gasteiger partial charge in [-0.25, -0.2) is 13.2 Å². The second kappa shape index (κ2) is 5.24. The lowest BCUT2D eigenvalue weighted by molar-refractivity contribution is 0.0849. The molecule has 0 N–H and O–H groups in total. The minimum atomic E-state index is -2.54. The quantitative estimate of drug-likeness (QED) is 0.816. The van der Waals surface area contributed by atoms with E-state index in [-0.39, 0.29) is 23.5 Å². The number of hydrogen-bond acceptors (Lipinski definition) is 2. The molecular weight excluding hydrogens is 281 g/mol. The van der Waals surface area contributed by atoms with Crippen LogP contribution in [0.5, 0.6) is 5.75 Å². The molecule has 2 aromatic rings. The summed E-state index contributed by atoms with van der Waals surface area (Å²) in [5, 5.41) is 0. The lowest BCUT2D eigenvalue weighted by atomic mass is 9.96. The molecular formula is C16H11F3O2. The van der Waals surface area contributed by atoms with Crippen molar-refractivity contribution in [2.24, 2.45) is 0 Å². The maximum absolute atomic E-state index is 13.2. The second-order valence-electron chi connectivity index (χ2n) is 4.84. The summed E-state index contributed by atoms with van der Waals surface area (Å²) < 4.78 is 43.9. The number of halogens is 3. The van der Waals surface area contributed by atoms with E-state index in [1.807, 2.05) is 0 Å². The summed E-state index contributed by atoms with van der Waals surface area (Å²) in [6, 6.07) is 9.37. The number of carbonyl (C=O) groups excluding carboxylic acids is 1. The largest absolute Gasteiger partial charge is 0.484 e. The molecule has 5 heteroatoms. The molecule has 21 heavy (non-hydrogen) atoms. The highest BCUT2D eigenvalue weighted by Gasteiger charge is 2.28. The standard InChI is InChI=1S/C16H11F3O2/c17-11-5-6-12-13(20)8-14(21-15(12)7-11)9-1-3-10(4-2-9)16(18)19/h1-7,14,16H,8H2. The molecule has 0 radical (unpaired) electrons. The first-order chi connectivity index (χ1) is 10.0. The van der Waals surface area contributed by atoms with E-state index in [4.69, 9.17) is 4.74 Å². The smallest absolute Gasteiger partial charge is 0.263 e. The van der Waals surface area contributed by atoms with Crippen LogP contribution in [0.25, 0.3) is 0 Å². The van der Waals surface area contributed by atoms with Gasteiger partial charge in [0.25, 0.3) is 6.43 Å². The Balaban J connectivity index is 1.89. The van der Waals surface area contributed by atoms with Crippen molar-refractivity contribution in [1.29, 1.82) is 0 Å². The highest BCUT2D eigenvalue weighted by molar-refractivity contribution is 5.99. The summed E-state index contributed by atoms with van der Waals surface area (Å²) in [6.45, 7) is 0. The third-order valence-corrected chi connectivity index (χ3v) is 3.44. The first-order valence-electron chi connectivity index (χ1n) is 6.42. The second-order valence-corrected chi connectivity index (χ2v) is 4.84. The van der Waals surface area contributed by atoms with E-state index >= 15 is 0 Å². The summed E-state index contributed by atoms with van der Waals surface area (Å²) in [4.78, 5) is 12.0. The van der Waals surface area contributed by atoms with Gasteiger partial charge in [-0.2, -0.15) is 0 Å². The van der Waals surface area contributed by atoms with Gasteiger partial charge in [-0.1, -0.05) is 24.3 Å². The number of carbonyl (C=O) groups is 1. The van der Waals surface area contributed by atoms with Crippen LogP contribution in [0.3, 0.4) is 0 Å². The van der Waals surface area contributed by atoms with Crippen LogP contribution in [0.4, 0.5) is 13.2 Å². The van der Waals surface area contributed by atoms with Crippen LogP contribution in [0, 0.1) is 5.82 Å². The third-order valence-electron chi connectivity index (χ3n) is 3.44. The molecule has 108 valence electrons. The molecule has 0 amide bonds. The lowest BCUT2D eigenvalue weighted by Crippen LogP contribution is -2.20. The van der Waals surface area contributed by atoms with Crippen LogP contribution in [0.2, 0.25) is 0 Å². The molecule has 3 rings (SSSR count). The number of Topliss-reactive ketones (excluding diaryl/α,β-unsaturated/α-hetero) is 1. The Morgan fingerprint density at radius 2 is 1.81 bits per heavy atom. The van der Waals surface area contributed by atoms with Crippen molar-refractivity contribution >= 4 is 5.78 Å². The summed E-state index contributed by atoms with van der Waals surface area (Å²) in [5.74, 6) is -0.455. The van der Waals surface area contributed by atoms with Crippen molar-refractivity contribution in [3.05, 3.63) is 65.0 Å². The topological polar surface area (TPSA) is 26.3 Å². The zero-order valence-electron chi connectivity index (χ0n) is 10.9. The number of ether oxygens (including phenoxy) is 1. The zero-order valence-corrected chi connectivity index (χ0v) is 10.9. The molecule has 0 bridgehead atoms. The van der Waals surface area contributed by atoms with Crippen molar-refractivity contribution in [2.45, 2.75) is 19.0 Å². The van der Waals surface area contributed by atoms with E-state index in [0.29, 0.717) is 11.1 Å². The van der Waals surface area contributed by atoms with Crippen molar-refractivity contribution < 1.29 is 22.7 Å². The number of fused-ring (bicyclic) bond motifs is 1. The Morgan fingerprint density at radius 3 is 2.48 bits per heavy atom. The minimum absolute atomic E-state index is 0.0904. The molecule has 1 heterocycles. The number of alkyl halides is 2. The van der Waals surface area contributed by atoms with Crippen LogP contribution in [0.15, 0.2) is 42.5 Å². The monoisotopic (exact) mass is 292 g/mol. The van der Waals surface area contributed by atoms with E-state index < -0.39 is 18.3 Å². The molecule has 0 aliphatic carbocycles. The van der Waals surface area contributed by atoms with Crippen molar-refractivity contribution in [3.8, 4) is 5.75 Å². The molecule has 1 aliphatic heterocycles. The normalized spacial score (nSPS) is 17.5. The summed E-state index contributed by atoms with van der Waals surface area (Å²) in [6.07, 6.45) is -3.02. The first kappa shape index (κ1) is 13.7. The van der Waals surface area contributed by atoms with Gasteiger partial charge in [-0.05, 0) is 17.7 Å². The van der Waals surface area contributed by atoms with Crippen molar-refractivity contribution in [1.82, 2.24) is 0 Å². The van der Waals surface area contributed by atoms with Gasteiger partial charge >= 0.3 is 0 Å². The summed E-state index contributed by atoms with van der Waals surface area (Å²) >= 11 is 0. The summed E-state index contributed by atoms with van der Waals surface area (Å²) in [5.41, 5.74) is 0.867. The molecule has 2 nitrogen and oxygen atoms in total. The number of benzene rings is 2. The third kappa shape index (κ3) is 2.63. The minimum Gasteiger partial charge on any atom is -0.484 e. The molecule has 1 aliphatic rings. The zero-order chi connectivity index (χ0) is 15.0. The van der Waals surface area contributed by atoms with Gasteiger partial charge < -0.3 is 4.74 Å². The van der Waals surface area contributed by atoms with E-state index in [0.717, 1.165) is 6.07 Å². The van der Waals surface area contributed by atoms with E-state index in [1.54, 1.807) is 0 Å². The van der Waals surface area contributed by atoms with Gasteiger partial charge in [0.1, 0.15) is 17.7 Å². The SMILES string of the molecule is O=C1CC(c2ccc(C(F)F)cc2)Oc2cc(F)ccc21. The van der Waals surface area contributed by atoms with Gasteiger partial charge in [-0.15, -0.1) is 0 Å². The van der Waals surface area contributed by atoms with Crippen LogP contribution in [0.1, 0.15) is 40.4 Å². The highest BCUT2D eigenvalue weighted by atomic mass is 19.3. The number of rotatable bonds is 2. The van der Waals surface area contributed by atoms with Gasteiger partial charge in [0, 0.05) is 11.6 Å². The van der Waals surface area contributed by atoms with Crippen molar-refractivity contribution in [3.63, 3.8) is 0 Å². The number of hydrogen-bond donors (Lipinski definition) is 0. The van der Waals surface area contributed by atoms with Crippen molar-refractivity contribution in [2.75, 3.05) is 0 Å². The lowest BCUT2D eigenvalue weighted by Gasteiger charge is -2.25. The van der Waals surface area contributed by atoms with E-state index in [2.05, 4.69) is 0 Å². The molecule has 0 saturated carbocycles. The number of ketones is 1. The van der Waals surface area contributed by atoms with Crippen LogP contribution in [-0.4, -0.2) is 5.78 Å². The fraction of sp³-hybridized carbons (Fsp3) is 0.188. The predicted octanol–water partition coefficient (Wildman–Crippen LogP) is 4.47. The van der Waals surface area contributed by atoms with E-state index in [1.165, 1.54) is 36.4 Å². The fourth-order valence-electron chi connectivity index (χ4n) is 2.34. The molecule has 0 aromatic heterocycles. The van der Waals surface area contributed by atoms with Gasteiger partial charge in [0.2, 0.25) is 0 Å². The Kier molecular flexibility index (Phi) is 3.41. The molecule has 1 atom stereocenters.